The third-order valence-corrected chi connectivity index (χ3v) is 6.02. The first-order valence-corrected chi connectivity index (χ1v) is 10.4. The van der Waals surface area contributed by atoms with Crippen LogP contribution in [0.15, 0.2) is 51.7 Å². The smallest absolute Gasteiger partial charge is 0.349 e. The molecule has 0 unspecified atom stereocenters. The van der Waals surface area contributed by atoms with Crippen molar-refractivity contribution >= 4 is 16.9 Å². The second-order valence-corrected chi connectivity index (χ2v) is 8.09. The van der Waals surface area contributed by atoms with Crippen LogP contribution in [0.3, 0.4) is 0 Å². The number of carbonyl (C=O) groups is 1. The highest BCUT2D eigenvalue weighted by Gasteiger charge is 2.26. The van der Waals surface area contributed by atoms with Crippen LogP contribution in [0.25, 0.3) is 11.0 Å². The van der Waals surface area contributed by atoms with Gasteiger partial charge in [0.2, 0.25) is 0 Å². The van der Waals surface area contributed by atoms with E-state index in [2.05, 4.69) is 17.3 Å². The van der Waals surface area contributed by atoms with E-state index >= 15 is 0 Å². The number of allylic oxidation sites excluding steroid dienone is 2. The topological polar surface area (TPSA) is 68.3 Å². The number of hydrogen-bond acceptors (Lipinski definition) is 4. The highest BCUT2D eigenvalue weighted by Crippen LogP contribution is 2.23. The molecule has 1 aromatic carbocycles. The Bertz CT molecular complexity index is 1170. The van der Waals surface area contributed by atoms with Crippen molar-refractivity contribution in [1.82, 2.24) is 14.7 Å². The molecule has 30 heavy (non-hydrogen) atoms. The molecular formula is C24H27N3O3. The molecule has 0 bridgehead atoms. The number of rotatable bonds is 5. The van der Waals surface area contributed by atoms with Gasteiger partial charge in [-0.2, -0.15) is 5.10 Å². The van der Waals surface area contributed by atoms with Gasteiger partial charge in [0.25, 0.3) is 5.91 Å². The van der Waals surface area contributed by atoms with Crippen molar-refractivity contribution in [2.45, 2.75) is 39.7 Å². The highest BCUT2D eigenvalue weighted by atomic mass is 16.4. The summed E-state index contributed by atoms with van der Waals surface area (Å²) in [6.45, 7) is 4.99. The van der Waals surface area contributed by atoms with Gasteiger partial charge in [-0.25, -0.2) is 4.79 Å². The van der Waals surface area contributed by atoms with E-state index < -0.39 is 5.63 Å². The molecule has 0 fully saturated rings. The van der Waals surface area contributed by atoms with E-state index in [1.165, 1.54) is 0 Å². The molecule has 6 heteroatoms. The number of amides is 1. The number of para-hydroxylation sites is 1. The van der Waals surface area contributed by atoms with Gasteiger partial charge in [0.1, 0.15) is 11.1 Å². The van der Waals surface area contributed by atoms with Crippen molar-refractivity contribution in [2.24, 2.45) is 13.0 Å². The van der Waals surface area contributed by atoms with E-state index in [0.717, 1.165) is 41.6 Å². The third kappa shape index (κ3) is 3.95. The number of aryl methyl sites for hydroxylation is 2. The molecule has 1 aliphatic rings. The Morgan fingerprint density at radius 1 is 1.27 bits per heavy atom. The zero-order valence-electron chi connectivity index (χ0n) is 17.7. The Labute approximate surface area is 175 Å². The summed E-state index contributed by atoms with van der Waals surface area (Å²) in [4.78, 5) is 28.0. The summed E-state index contributed by atoms with van der Waals surface area (Å²) in [5, 5.41) is 5.23. The van der Waals surface area contributed by atoms with E-state index in [9.17, 15) is 9.59 Å². The van der Waals surface area contributed by atoms with Crippen molar-refractivity contribution in [3.8, 4) is 0 Å². The normalized spacial score (nSPS) is 16.2. The molecule has 3 aromatic rings. The molecule has 1 amide bonds. The summed E-state index contributed by atoms with van der Waals surface area (Å²) in [6, 6.07) is 8.91. The van der Waals surface area contributed by atoms with Gasteiger partial charge in [0, 0.05) is 36.8 Å². The molecule has 0 N–H and O–H groups in total. The third-order valence-electron chi connectivity index (χ3n) is 6.02. The van der Waals surface area contributed by atoms with Crippen LogP contribution >= 0.6 is 0 Å². The zero-order chi connectivity index (χ0) is 21.3. The van der Waals surface area contributed by atoms with Crippen molar-refractivity contribution < 1.29 is 9.21 Å². The van der Waals surface area contributed by atoms with Crippen LogP contribution in [-0.2, 0) is 13.6 Å². The largest absolute Gasteiger partial charge is 0.422 e. The lowest BCUT2D eigenvalue weighted by molar-refractivity contribution is 0.0705. The van der Waals surface area contributed by atoms with Gasteiger partial charge in [-0.15, -0.1) is 0 Å². The second-order valence-electron chi connectivity index (χ2n) is 8.09. The maximum atomic E-state index is 13.5. The molecule has 1 aliphatic carbocycles. The predicted molar refractivity (Wildman–Crippen MR) is 116 cm³/mol. The first-order chi connectivity index (χ1) is 14.4. The average molecular weight is 405 g/mol. The van der Waals surface area contributed by atoms with Gasteiger partial charge < -0.3 is 9.32 Å². The molecule has 4 rings (SSSR count). The lowest BCUT2D eigenvalue weighted by Crippen LogP contribution is -2.37. The van der Waals surface area contributed by atoms with Crippen LogP contribution < -0.4 is 5.63 Å². The van der Waals surface area contributed by atoms with Crippen molar-refractivity contribution in [2.75, 3.05) is 6.54 Å². The van der Waals surface area contributed by atoms with Crippen LogP contribution in [0.5, 0.6) is 0 Å². The Hall–Kier alpha value is -3.15. The maximum absolute atomic E-state index is 13.5. The first kappa shape index (κ1) is 20.1. The average Bonchev–Trinajstić information content (AvgIpc) is 2.99. The Balaban J connectivity index is 1.70. The van der Waals surface area contributed by atoms with Crippen molar-refractivity contribution in [3.63, 3.8) is 0 Å². The fourth-order valence-electron chi connectivity index (χ4n) is 4.17. The van der Waals surface area contributed by atoms with Crippen LogP contribution in [0.4, 0.5) is 0 Å². The number of aromatic nitrogens is 2. The Kier molecular flexibility index (Phi) is 5.57. The molecule has 2 heterocycles. The Morgan fingerprint density at radius 2 is 2.07 bits per heavy atom. The van der Waals surface area contributed by atoms with Crippen LogP contribution in [0.2, 0.25) is 0 Å². The molecule has 0 spiro atoms. The van der Waals surface area contributed by atoms with Gasteiger partial charge in [0.15, 0.2) is 0 Å². The van der Waals surface area contributed by atoms with Gasteiger partial charge in [0.05, 0.1) is 5.69 Å². The first-order valence-electron chi connectivity index (χ1n) is 10.4. The second kappa shape index (κ2) is 8.30. The zero-order valence-corrected chi connectivity index (χ0v) is 17.7. The Morgan fingerprint density at radius 3 is 2.77 bits per heavy atom. The summed E-state index contributed by atoms with van der Waals surface area (Å²) < 4.78 is 7.26. The van der Waals surface area contributed by atoms with E-state index in [4.69, 9.17) is 4.42 Å². The van der Waals surface area contributed by atoms with E-state index in [0.29, 0.717) is 24.6 Å². The summed E-state index contributed by atoms with van der Waals surface area (Å²) in [7, 11) is 1.90. The summed E-state index contributed by atoms with van der Waals surface area (Å²) in [5.41, 5.74) is 2.94. The summed E-state index contributed by atoms with van der Waals surface area (Å²) >= 11 is 0. The standard InChI is InChI=1S/C24H27N3O3/c1-16-21(17(2)26(3)25-16)15-27(14-18-9-5-4-6-10-18)23(28)20-13-19-11-7-8-12-22(19)30-24(20)29/h4-5,7-8,11-13,18H,6,9-10,14-15H2,1-3H3/t18-/m1/s1. The van der Waals surface area contributed by atoms with Gasteiger partial charge >= 0.3 is 5.63 Å². The molecule has 0 radical (unpaired) electrons. The predicted octanol–water partition coefficient (Wildman–Crippen LogP) is 4.14. The van der Waals surface area contributed by atoms with Gasteiger partial charge in [-0.3, -0.25) is 9.48 Å². The van der Waals surface area contributed by atoms with Crippen LogP contribution in [0, 0.1) is 19.8 Å². The van der Waals surface area contributed by atoms with Crippen molar-refractivity contribution in [1.29, 1.82) is 0 Å². The maximum Gasteiger partial charge on any atom is 0.349 e. The monoisotopic (exact) mass is 405 g/mol. The summed E-state index contributed by atoms with van der Waals surface area (Å²) in [6.07, 6.45) is 7.38. The van der Waals surface area contributed by atoms with E-state index in [1.807, 2.05) is 43.8 Å². The van der Waals surface area contributed by atoms with E-state index in [-0.39, 0.29) is 11.5 Å². The van der Waals surface area contributed by atoms with Gasteiger partial charge in [-0.05, 0) is 51.2 Å². The molecule has 156 valence electrons. The minimum atomic E-state index is -0.591. The molecule has 0 saturated carbocycles. The minimum Gasteiger partial charge on any atom is -0.422 e. The van der Waals surface area contributed by atoms with Crippen LogP contribution in [0.1, 0.15) is 46.6 Å². The molecule has 6 nitrogen and oxygen atoms in total. The fourth-order valence-corrected chi connectivity index (χ4v) is 4.17. The number of fused-ring (bicyclic) bond motifs is 1. The van der Waals surface area contributed by atoms with Crippen LogP contribution in [-0.4, -0.2) is 27.1 Å². The number of benzene rings is 1. The highest BCUT2D eigenvalue weighted by molar-refractivity contribution is 5.96. The van der Waals surface area contributed by atoms with Crippen molar-refractivity contribution in [3.05, 3.63) is 75.4 Å². The molecule has 2 aromatic heterocycles. The SMILES string of the molecule is Cc1nn(C)c(C)c1CN(C[C@@H]1CC=CCC1)C(=O)c1cc2ccccc2oc1=O. The fraction of sp³-hybridized carbons (Fsp3) is 0.375. The molecule has 0 saturated heterocycles. The lowest BCUT2D eigenvalue weighted by Gasteiger charge is -2.28. The number of hydrogen-bond donors (Lipinski definition) is 0. The van der Waals surface area contributed by atoms with E-state index in [1.54, 1.807) is 17.0 Å². The summed E-state index contributed by atoms with van der Waals surface area (Å²) in [5.74, 6) is 0.0930. The lowest BCUT2D eigenvalue weighted by atomic mass is 9.93. The van der Waals surface area contributed by atoms with Gasteiger partial charge in [-0.1, -0.05) is 30.4 Å². The molecule has 1 atom stereocenters. The minimum absolute atomic E-state index is 0.0826. The molecule has 0 aliphatic heterocycles. The number of nitrogens with zero attached hydrogens (tertiary/aromatic N) is 3. The number of carbonyl (C=O) groups excluding carboxylic acids is 1. The quantitative estimate of drug-likeness (QED) is 0.473. The molecular weight excluding hydrogens is 378 g/mol.